The van der Waals surface area contributed by atoms with Crippen LogP contribution in [-0.4, -0.2) is 71.4 Å². The predicted molar refractivity (Wildman–Crippen MR) is 157 cm³/mol. The highest BCUT2D eigenvalue weighted by Gasteiger charge is 2.40. The molecule has 10 nitrogen and oxygen atoms in total. The van der Waals surface area contributed by atoms with Gasteiger partial charge in [0.05, 0.1) is 11.4 Å². The van der Waals surface area contributed by atoms with E-state index in [1.807, 2.05) is 9.80 Å². The molecule has 2 aromatic carbocycles. The van der Waals surface area contributed by atoms with Crippen LogP contribution in [0.3, 0.4) is 0 Å². The fraction of sp³-hybridized carbons (Fsp3) is 0.429. The number of halogens is 6. The number of nitrogens with zero attached hydrogens (tertiary/aromatic N) is 4. The summed E-state index contributed by atoms with van der Waals surface area (Å²) in [5.74, 6) is -1.01. The van der Waals surface area contributed by atoms with Crippen LogP contribution in [0.4, 0.5) is 37.7 Å². The molecule has 4 fully saturated rings. The molecular weight excluding hydrogens is 662 g/mol. The maximum atomic E-state index is 13.1. The van der Waals surface area contributed by atoms with Crippen LogP contribution in [0.25, 0.3) is 0 Å². The average Bonchev–Trinajstić information content (AvgIpc) is 3.48. The lowest BCUT2D eigenvalue weighted by molar-refractivity contribution is -0.275. The van der Waals surface area contributed by atoms with Gasteiger partial charge in [-0.3, -0.25) is 20.2 Å². The standard InChI is InChI=1S/C28H26F6N6O4S2/c29-27(30,31)43-15-7-9-17(35-25-37-23(41)19-5-1-3-11-39(19)25)21(13-15)45-46-22-14-16(44-28(32,33)34)8-10-18(22)36-26-38-24(42)20-6-2-4-12-40(20)26/h7-10,13-14,19-20H,1-6,11-12H2,(H,35,37,41)(H,36,38,42)/t19-,20-/m0/s1. The van der Waals surface area contributed by atoms with Crippen LogP contribution in [-0.2, 0) is 9.59 Å². The molecule has 2 N–H and O–H groups in total. The first kappa shape index (κ1) is 32.2. The molecule has 0 unspecified atom stereocenters. The number of benzene rings is 2. The van der Waals surface area contributed by atoms with Crippen LogP contribution in [0.15, 0.2) is 56.2 Å². The number of ether oxygens (including phenoxy) is 2. The Hall–Kier alpha value is -3.80. The highest BCUT2D eigenvalue weighted by molar-refractivity contribution is 8.76. The van der Waals surface area contributed by atoms with E-state index < -0.39 is 24.2 Å². The maximum absolute atomic E-state index is 13.1. The van der Waals surface area contributed by atoms with E-state index in [0.29, 0.717) is 25.9 Å². The molecule has 0 bridgehead atoms. The number of carbonyl (C=O) groups excluding carboxylic acids is 2. The van der Waals surface area contributed by atoms with E-state index >= 15 is 0 Å². The minimum absolute atomic E-state index is 0.167. The SMILES string of the molecule is O=C1NC(=Nc2ccc(OC(F)(F)F)cc2SSc2cc(OC(F)(F)F)ccc2N=C2NC(=O)[C@@H]3CCCCN23)N2CCCC[C@@H]12. The van der Waals surface area contributed by atoms with Crippen molar-refractivity contribution in [1.82, 2.24) is 20.4 Å². The molecule has 4 aliphatic rings. The van der Waals surface area contributed by atoms with Gasteiger partial charge in [0, 0.05) is 22.9 Å². The quantitative estimate of drug-likeness (QED) is 0.261. The first-order valence-electron chi connectivity index (χ1n) is 14.3. The van der Waals surface area contributed by atoms with Crippen molar-refractivity contribution in [3.63, 3.8) is 0 Å². The maximum Gasteiger partial charge on any atom is 0.573 e. The molecule has 46 heavy (non-hydrogen) atoms. The molecule has 6 rings (SSSR count). The molecule has 0 saturated carbocycles. The van der Waals surface area contributed by atoms with Gasteiger partial charge in [-0.25, -0.2) is 9.98 Å². The third-order valence-electron chi connectivity index (χ3n) is 7.63. The van der Waals surface area contributed by atoms with Gasteiger partial charge in [0.25, 0.3) is 0 Å². The highest BCUT2D eigenvalue weighted by Crippen LogP contribution is 2.48. The fourth-order valence-corrected chi connectivity index (χ4v) is 7.90. The molecule has 4 heterocycles. The van der Waals surface area contributed by atoms with Gasteiger partial charge in [0.2, 0.25) is 23.7 Å². The molecule has 246 valence electrons. The van der Waals surface area contributed by atoms with Crippen molar-refractivity contribution in [2.45, 2.75) is 73.1 Å². The molecule has 18 heteroatoms. The largest absolute Gasteiger partial charge is 0.573 e. The zero-order valence-corrected chi connectivity index (χ0v) is 25.4. The average molecular weight is 689 g/mol. The Morgan fingerprint density at radius 3 is 1.48 bits per heavy atom. The van der Waals surface area contributed by atoms with Crippen LogP contribution in [0.1, 0.15) is 38.5 Å². The van der Waals surface area contributed by atoms with Crippen molar-refractivity contribution in [1.29, 1.82) is 0 Å². The summed E-state index contributed by atoms with van der Waals surface area (Å²) in [4.78, 5) is 38.1. The Morgan fingerprint density at radius 1 is 0.674 bits per heavy atom. The number of hydrogen-bond donors (Lipinski definition) is 2. The van der Waals surface area contributed by atoms with Gasteiger partial charge in [-0.15, -0.1) is 26.3 Å². The Labute approximate surface area is 266 Å². The second-order valence-electron chi connectivity index (χ2n) is 10.8. The van der Waals surface area contributed by atoms with E-state index in [4.69, 9.17) is 0 Å². The number of fused-ring (bicyclic) bond motifs is 2. The molecule has 2 atom stereocenters. The summed E-state index contributed by atoms with van der Waals surface area (Å²) in [6.07, 6.45) is -5.27. The van der Waals surface area contributed by atoms with E-state index in [1.165, 1.54) is 12.1 Å². The van der Waals surface area contributed by atoms with Gasteiger partial charge < -0.3 is 19.3 Å². The number of hydrogen-bond acceptors (Lipinski definition) is 8. The van der Waals surface area contributed by atoms with Crippen molar-refractivity contribution in [3.05, 3.63) is 36.4 Å². The van der Waals surface area contributed by atoms with Crippen molar-refractivity contribution < 1.29 is 45.4 Å². The van der Waals surface area contributed by atoms with E-state index in [1.54, 1.807) is 0 Å². The van der Waals surface area contributed by atoms with Gasteiger partial charge in [0.1, 0.15) is 23.6 Å². The number of carbonyl (C=O) groups is 2. The van der Waals surface area contributed by atoms with E-state index in [2.05, 4.69) is 30.1 Å². The molecule has 0 aromatic heterocycles. The minimum Gasteiger partial charge on any atom is -0.406 e. The number of rotatable bonds is 7. The monoisotopic (exact) mass is 688 g/mol. The first-order chi connectivity index (χ1) is 21.8. The van der Waals surface area contributed by atoms with Gasteiger partial charge >= 0.3 is 12.7 Å². The number of amides is 2. The van der Waals surface area contributed by atoms with Crippen LogP contribution in [0, 0.1) is 0 Å². The van der Waals surface area contributed by atoms with Crippen molar-refractivity contribution in [2.24, 2.45) is 9.98 Å². The van der Waals surface area contributed by atoms with E-state index in [9.17, 15) is 35.9 Å². The smallest absolute Gasteiger partial charge is 0.406 e. The summed E-state index contributed by atoms with van der Waals surface area (Å²) < 4.78 is 86.7. The van der Waals surface area contributed by atoms with Crippen molar-refractivity contribution in [3.8, 4) is 11.5 Å². The lowest BCUT2D eigenvalue weighted by Gasteiger charge is -2.28. The van der Waals surface area contributed by atoms with Crippen LogP contribution in [0.2, 0.25) is 0 Å². The second-order valence-corrected chi connectivity index (χ2v) is 13.0. The third kappa shape index (κ3) is 7.43. The first-order valence-corrected chi connectivity index (χ1v) is 16.4. The van der Waals surface area contributed by atoms with E-state index in [-0.39, 0.29) is 57.0 Å². The van der Waals surface area contributed by atoms with Gasteiger partial charge in [0.15, 0.2) is 0 Å². The number of aliphatic imine (C=N–C) groups is 2. The van der Waals surface area contributed by atoms with Crippen LogP contribution in [0.5, 0.6) is 11.5 Å². The van der Waals surface area contributed by atoms with Gasteiger partial charge in [-0.05, 0) is 74.9 Å². The summed E-state index contributed by atoms with van der Waals surface area (Å²) in [5, 5.41) is 5.47. The van der Waals surface area contributed by atoms with Crippen molar-refractivity contribution in [2.75, 3.05) is 13.1 Å². The summed E-state index contributed by atoms with van der Waals surface area (Å²) in [7, 11) is 1.80. The summed E-state index contributed by atoms with van der Waals surface area (Å²) in [6.45, 7) is 1.14. The molecule has 2 aromatic rings. The normalized spacial score (nSPS) is 23.3. The molecular formula is C28H26F6N6O4S2. The summed E-state index contributed by atoms with van der Waals surface area (Å²) >= 11 is 0. The fourth-order valence-electron chi connectivity index (χ4n) is 5.65. The van der Waals surface area contributed by atoms with Gasteiger partial charge in [-0.1, -0.05) is 21.6 Å². The van der Waals surface area contributed by atoms with Crippen LogP contribution < -0.4 is 20.1 Å². The Bertz CT molecular complexity index is 1470. The zero-order chi connectivity index (χ0) is 32.6. The lowest BCUT2D eigenvalue weighted by atomic mass is 10.0. The minimum atomic E-state index is -4.98. The molecule has 0 radical (unpaired) electrons. The number of piperidine rings is 2. The van der Waals surface area contributed by atoms with E-state index in [0.717, 1.165) is 71.5 Å². The van der Waals surface area contributed by atoms with Gasteiger partial charge in [-0.2, -0.15) is 0 Å². The molecule has 4 aliphatic heterocycles. The molecule has 4 saturated heterocycles. The summed E-state index contributed by atoms with van der Waals surface area (Å²) in [5.41, 5.74) is 0.395. The number of alkyl halides is 6. The Balaban J connectivity index is 1.34. The zero-order valence-electron chi connectivity index (χ0n) is 23.8. The Kier molecular flexibility index (Phi) is 8.93. The number of guanidine groups is 2. The predicted octanol–water partition coefficient (Wildman–Crippen LogP) is 6.23. The third-order valence-corrected chi connectivity index (χ3v) is 10.1. The highest BCUT2D eigenvalue weighted by atomic mass is 33.1. The molecule has 2 amide bonds. The lowest BCUT2D eigenvalue weighted by Crippen LogP contribution is -2.39. The van der Waals surface area contributed by atoms with Crippen LogP contribution >= 0.6 is 21.6 Å². The summed E-state index contributed by atoms with van der Waals surface area (Å²) in [6, 6.07) is 6.19. The topological polar surface area (TPSA) is 108 Å². The molecule has 0 aliphatic carbocycles. The van der Waals surface area contributed by atoms with Crippen molar-refractivity contribution >= 4 is 56.7 Å². The number of nitrogens with one attached hydrogen (secondary N) is 2. The second kappa shape index (κ2) is 12.8. The Morgan fingerprint density at radius 2 is 1.09 bits per heavy atom. The molecule has 0 spiro atoms.